The topological polar surface area (TPSA) is 210 Å². The SMILES string of the molecule is COCCC1(C(=O)N[C@@H](Cc2ccc(N)cc2)C(=O)OC)CCCC1.COCCC1(C(=O)N[C@@H](Cc2ccc(NC(=O)C(N)CC(C)C)cc2)C(=O)OC)CCCC1. The molecule has 0 aromatic heterocycles. The minimum Gasteiger partial charge on any atom is -0.467 e. The van der Waals surface area contributed by atoms with Gasteiger partial charge in [0.15, 0.2) is 0 Å². The summed E-state index contributed by atoms with van der Waals surface area (Å²) in [6.07, 6.45) is 9.87. The lowest BCUT2D eigenvalue weighted by atomic mass is 9.81. The number of amides is 3. The highest BCUT2D eigenvalue weighted by atomic mass is 16.5. The van der Waals surface area contributed by atoms with Gasteiger partial charge in [0.05, 0.1) is 31.1 Å². The van der Waals surface area contributed by atoms with Gasteiger partial charge in [-0.25, -0.2) is 9.59 Å². The van der Waals surface area contributed by atoms with E-state index in [4.69, 9.17) is 30.4 Å². The minimum absolute atomic E-state index is 0.0760. The van der Waals surface area contributed by atoms with E-state index in [9.17, 15) is 24.0 Å². The molecule has 0 saturated heterocycles. The van der Waals surface area contributed by atoms with Gasteiger partial charge in [-0.05, 0) is 86.3 Å². The van der Waals surface area contributed by atoms with E-state index in [1.807, 2.05) is 38.1 Å². The van der Waals surface area contributed by atoms with Crippen LogP contribution in [0.4, 0.5) is 11.4 Å². The number of nitrogens with one attached hydrogen (secondary N) is 3. The van der Waals surface area contributed by atoms with Crippen LogP contribution in [0, 0.1) is 16.7 Å². The molecule has 0 bridgehead atoms. The summed E-state index contributed by atoms with van der Waals surface area (Å²) in [7, 11) is 5.92. The van der Waals surface area contributed by atoms with E-state index in [1.54, 1.807) is 38.5 Å². The van der Waals surface area contributed by atoms with Gasteiger partial charge in [-0.15, -0.1) is 0 Å². The lowest BCUT2D eigenvalue weighted by Crippen LogP contribution is -2.49. The number of anilines is 2. The molecule has 0 radical (unpaired) electrons. The van der Waals surface area contributed by atoms with Crippen LogP contribution in [-0.2, 0) is 55.8 Å². The number of hydrogen-bond donors (Lipinski definition) is 5. The van der Waals surface area contributed by atoms with Crippen LogP contribution in [0.1, 0.15) is 95.6 Å². The molecule has 58 heavy (non-hydrogen) atoms. The van der Waals surface area contributed by atoms with E-state index in [0.717, 1.165) is 62.5 Å². The van der Waals surface area contributed by atoms with Crippen LogP contribution in [0.25, 0.3) is 0 Å². The minimum atomic E-state index is -0.789. The molecule has 2 fully saturated rings. The fourth-order valence-corrected chi connectivity index (χ4v) is 7.87. The summed E-state index contributed by atoms with van der Waals surface area (Å²) in [5.41, 5.74) is 13.7. The largest absolute Gasteiger partial charge is 0.467 e. The van der Waals surface area contributed by atoms with Gasteiger partial charge in [0.1, 0.15) is 12.1 Å². The van der Waals surface area contributed by atoms with Crippen molar-refractivity contribution in [2.75, 3.05) is 52.7 Å². The van der Waals surface area contributed by atoms with Crippen LogP contribution in [0.5, 0.6) is 0 Å². The summed E-state index contributed by atoms with van der Waals surface area (Å²) in [5, 5.41) is 8.67. The molecule has 3 amide bonds. The standard InChI is InChI=1S/C25H39N3O5.C19H28N2O4/c1-17(2)15-20(26)22(29)27-19-9-7-18(8-10-19)16-21(23(30)33-4)28-24(31)25(13-14-32-3)11-5-6-12-25;1-24-12-11-19(9-3-4-10-19)18(23)21-16(17(22)25-2)13-14-5-7-15(20)8-6-14/h7-10,17,20-21H,5-6,11-16,26H2,1-4H3,(H,27,29)(H,28,31);5-8,16H,3-4,9-13,20H2,1-2H3,(H,21,23)/t20?,21-;16-/m00/s1. The van der Waals surface area contributed by atoms with Gasteiger partial charge >= 0.3 is 11.9 Å². The quantitative estimate of drug-likeness (QED) is 0.0901. The van der Waals surface area contributed by atoms with Crippen molar-refractivity contribution in [1.82, 2.24) is 10.6 Å². The summed E-state index contributed by atoms with van der Waals surface area (Å²) < 4.78 is 20.2. The van der Waals surface area contributed by atoms with Gasteiger partial charge in [0, 0.05) is 51.6 Å². The van der Waals surface area contributed by atoms with Crippen molar-refractivity contribution < 1.29 is 42.9 Å². The summed E-state index contributed by atoms with van der Waals surface area (Å²) >= 11 is 0. The first-order valence-electron chi connectivity index (χ1n) is 20.5. The predicted molar refractivity (Wildman–Crippen MR) is 223 cm³/mol. The second-order valence-electron chi connectivity index (χ2n) is 16.1. The average molecular weight is 810 g/mol. The zero-order valence-corrected chi connectivity index (χ0v) is 35.4. The monoisotopic (exact) mass is 809 g/mol. The molecule has 2 aliphatic carbocycles. The van der Waals surface area contributed by atoms with E-state index >= 15 is 0 Å². The molecule has 1 unspecified atom stereocenters. The average Bonchev–Trinajstić information content (AvgIpc) is 3.91. The highest BCUT2D eigenvalue weighted by molar-refractivity contribution is 5.94. The molecule has 7 N–H and O–H groups in total. The van der Waals surface area contributed by atoms with Gasteiger partial charge in [0.2, 0.25) is 17.7 Å². The number of carbonyl (C=O) groups excluding carboxylic acids is 5. The molecule has 14 nitrogen and oxygen atoms in total. The van der Waals surface area contributed by atoms with E-state index in [2.05, 4.69) is 16.0 Å². The molecular formula is C44H67N5O9. The molecule has 2 aromatic rings. The molecule has 2 aromatic carbocycles. The molecule has 0 heterocycles. The molecule has 14 heteroatoms. The Bertz CT molecular complexity index is 1600. The smallest absolute Gasteiger partial charge is 0.328 e. The molecule has 322 valence electrons. The first-order valence-corrected chi connectivity index (χ1v) is 20.5. The third kappa shape index (κ3) is 14.4. The van der Waals surface area contributed by atoms with Crippen molar-refractivity contribution >= 4 is 41.0 Å². The van der Waals surface area contributed by atoms with Gasteiger partial charge < -0.3 is 46.4 Å². The molecule has 0 aliphatic heterocycles. The third-order valence-electron chi connectivity index (χ3n) is 11.4. The maximum absolute atomic E-state index is 13.2. The number of methoxy groups -OCH3 is 4. The van der Waals surface area contributed by atoms with E-state index in [0.29, 0.717) is 62.6 Å². The Balaban J connectivity index is 0.000000322. The first kappa shape index (κ1) is 47.8. The van der Waals surface area contributed by atoms with Crippen molar-refractivity contribution in [2.45, 2.75) is 115 Å². The van der Waals surface area contributed by atoms with Crippen LogP contribution in [0.2, 0.25) is 0 Å². The Kier molecular flexibility index (Phi) is 19.6. The number of rotatable bonds is 20. The third-order valence-corrected chi connectivity index (χ3v) is 11.4. The Morgan fingerprint density at radius 2 is 1.05 bits per heavy atom. The van der Waals surface area contributed by atoms with E-state index in [1.165, 1.54) is 14.2 Å². The van der Waals surface area contributed by atoms with Gasteiger partial charge in [0.25, 0.3) is 0 Å². The second kappa shape index (κ2) is 23.8. The maximum Gasteiger partial charge on any atom is 0.328 e. The summed E-state index contributed by atoms with van der Waals surface area (Å²) in [4.78, 5) is 63.0. The van der Waals surface area contributed by atoms with Crippen LogP contribution in [-0.4, -0.2) is 89.4 Å². The Hall–Kier alpha value is -4.53. The Morgan fingerprint density at radius 3 is 1.41 bits per heavy atom. The highest BCUT2D eigenvalue weighted by Crippen LogP contribution is 2.42. The van der Waals surface area contributed by atoms with Crippen LogP contribution in [0.3, 0.4) is 0 Å². The fraction of sp³-hybridized carbons (Fsp3) is 0.614. The normalized spacial score (nSPS) is 16.9. The number of carbonyl (C=O) groups is 5. The maximum atomic E-state index is 13.2. The lowest BCUT2D eigenvalue weighted by molar-refractivity contribution is -0.147. The molecule has 2 saturated carbocycles. The van der Waals surface area contributed by atoms with Crippen LogP contribution < -0.4 is 27.4 Å². The summed E-state index contributed by atoms with van der Waals surface area (Å²) in [6.45, 7) is 5.08. The number of benzene rings is 2. The van der Waals surface area contributed by atoms with Crippen molar-refractivity contribution in [2.24, 2.45) is 22.5 Å². The molecule has 2 aliphatic rings. The molecule has 4 rings (SSSR count). The zero-order valence-electron chi connectivity index (χ0n) is 35.4. The predicted octanol–water partition coefficient (Wildman–Crippen LogP) is 4.86. The van der Waals surface area contributed by atoms with E-state index in [-0.39, 0.29) is 17.7 Å². The van der Waals surface area contributed by atoms with Crippen molar-refractivity contribution in [3.8, 4) is 0 Å². The second-order valence-corrected chi connectivity index (χ2v) is 16.1. The van der Waals surface area contributed by atoms with E-state index < -0.39 is 40.9 Å². The highest BCUT2D eigenvalue weighted by Gasteiger charge is 2.43. The molecule has 0 spiro atoms. The van der Waals surface area contributed by atoms with Gasteiger partial charge in [-0.1, -0.05) is 63.8 Å². The first-order chi connectivity index (χ1) is 27.7. The van der Waals surface area contributed by atoms with Crippen LogP contribution in [0.15, 0.2) is 48.5 Å². The number of ether oxygens (including phenoxy) is 4. The fourth-order valence-electron chi connectivity index (χ4n) is 7.87. The number of nitrogens with two attached hydrogens (primary N) is 2. The van der Waals surface area contributed by atoms with Gasteiger partial charge in [-0.3, -0.25) is 14.4 Å². The summed E-state index contributed by atoms with van der Waals surface area (Å²) in [6, 6.07) is 12.4. The van der Waals surface area contributed by atoms with Crippen LogP contribution >= 0.6 is 0 Å². The molecule has 3 atom stereocenters. The number of esters is 2. The lowest BCUT2D eigenvalue weighted by Gasteiger charge is -2.29. The number of nitrogen functional groups attached to an aromatic ring is 1. The van der Waals surface area contributed by atoms with Crippen molar-refractivity contribution in [3.63, 3.8) is 0 Å². The molecular weight excluding hydrogens is 743 g/mol. The summed E-state index contributed by atoms with van der Waals surface area (Å²) in [5.74, 6) is -1.01. The Morgan fingerprint density at radius 1 is 0.655 bits per heavy atom. The van der Waals surface area contributed by atoms with Gasteiger partial charge in [-0.2, -0.15) is 0 Å². The van der Waals surface area contributed by atoms with Crippen molar-refractivity contribution in [1.29, 1.82) is 0 Å². The van der Waals surface area contributed by atoms with Crippen molar-refractivity contribution in [3.05, 3.63) is 59.7 Å². The number of hydrogen-bond acceptors (Lipinski definition) is 11. The Labute approximate surface area is 344 Å². The zero-order chi connectivity index (χ0) is 42.7.